The molecule has 0 amide bonds. The summed E-state index contributed by atoms with van der Waals surface area (Å²) in [6.45, 7) is 17.4. The first-order valence-electron chi connectivity index (χ1n) is 7.76. The third-order valence-electron chi connectivity index (χ3n) is 4.09. The SMILES string of the molecule is CC(=O)CCc1c(C)c(C)c(OCC(C)(C)C)c(C)c1C. The number of Topliss-reactive ketones (excluding diaryl/α,β-unsaturated/α-hetero) is 1. The molecule has 0 N–H and O–H groups in total. The summed E-state index contributed by atoms with van der Waals surface area (Å²) in [4.78, 5) is 11.3. The van der Waals surface area contributed by atoms with Gasteiger partial charge in [0.15, 0.2) is 0 Å². The van der Waals surface area contributed by atoms with E-state index in [1.807, 2.05) is 0 Å². The van der Waals surface area contributed by atoms with E-state index in [4.69, 9.17) is 4.74 Å². The van der Waals surface area contributed by atoms with Crippen LogP contribution in [0.4, 0.5) is 0 Å². The molecule has 1 aromatic carbocycles. The van der Waals surface area contributed by atoms with E-state index in [1.54, 1.807) is 6.92 Å². The van der Waals surface area contributed by atoms with Gasteiger partial charge in [0, 0.05) is 6.42 Å². The van der Waals surface area contributed by atoms with Crippen molar-refractivity contribution in [2.75, 3.05) is 6.61 Å². The van der Waals surface area contributed by atoms with Crippen LogP contribution in [-0.2, 0) is 11.2 Å². The van der Waals surface area contributed by atoms with Gasteiger partial charge in [0.2, 0.25) is 0 Å². The van der Waals surface area contributed by atoms with Gasteiger partial charge in [0.1, 0.15) is 11.5 Å². The Morgan fingerprint density at radius 1 is 0.952 bits per heavy atom. The van der Waals surface area contributed by atoms with E-state index in [1.165, 1.54) is 27.8 Å². The molecule has 2 heteroatoms. The van der Waals surface area contributed by atoms with Crippen LogP contribution in [0.15, 0.2) is 0 Å². The Kier molecular flexibility index (Phi) is 5.61. The topological polar surface area (TPSA) is 26.3 Å². The van der Waals surface area contributed by atoms with E-state index in [0.717, 1.165) is 12.2 Å². The lowest BCUT2D eigenvalue weighted by Crippen LogP contribution is -2.18. The summed E-state index contributed by atoms with van der Waals surface area (Å²) in [6.07, 6.45) is 1.44. The summed E-state index contributed by atoms with van der Waals surface area (Å²) >= 11 is 0. The van der Waals surface area contributed by atoms with Crippen LogP contribution in [0, 0.1) is 33.1 Å². The molecule has 0 radical (unpaired) electrons. The first-order valence-corrected chi connectivity index (χ1v) is 7.76. The predicted octanol–water partition coefficient (Wildman–Crippen LogP) is 4.87. The maximum atomic E-state index is 11.3. The average molecular weight is 290 g/mol. The van der Waals surface area contributed by atoms with E-state index < -0.39 is 0 Å². The summed E-state index contributed by atoms with van der Waals surface area (Å²) in [5.41, 5.74) is 6.41. The standard InChI is InChI=1S/C19H30O2/c1-12(20)9-10-17-13(2)15(4)18(16(5)14(17)3)21-11-19(6,7)8/h9-11H2,1-8H3. The van der Waals surface area contributed by atoms with Gasteiger partial charge >= 0.3 is 0 Å². The fourth-order valence-corrected chi connectivity index (χ4v) is 2.54. The molecule has 0 saturated carbocycles. The van der Waals surface area contributed by atoms with Crippen LogP contribution in [0.2, 0.25) is 0 Å². The van der Waals surface area contributed by atoms with E-state index in [0.29, 0.717) is 13.0 Å². The highest BCUT2D eigenvalue weighted by Gasteiger charge is 2.18. The molecule has 0 bridgehead atoms. The second kappa shape index (κ2) is 6.64. The van der Waals surface area contributed by atoms with Crippen molar-refractivity contribution in [3.05, 3.63) is 27.8 Å². The monoisotopic (exact) mass is 290 g/mol. The Morgan fingerprint density at radius 2 is 1.43 bits per heavy atom. The molecule has 0 aromatic heterocycles. The second-order valence-electron chi connectivity index (χ2n) is 7.36. The lowest BCUT2D eigenvalue weighted by molar-refractivity contribution is -0.116. The van der Waals surface area contributed by atoms with Crippen molar-refractivity contribution in [1.29, 1.82) is 0 Å². The maximum Gasteiger partial charge on any atom is 0.130 e. The first-order chi connectivity index (χ1) is 9.54. The van der Waals surface area contributed by atoms with Crippen LogP contribution in [0.25, 0.3) is 0 Å². The Morgan fingerprint density at radius 3 is 1.81 bits per heavy atom. The summed E-state index contributed by atoms with van der Waals surface area (Å²) < 4.78 is 6.11. The molecule has 118 valence electrons. The highest BCUT2D eigenvalue weighted by Crippen LogP contribution is 2.34. The van der Waals surface area contributed by atoms with Crippen molar-refractivity contribution in [3.63, 3.8) is 0 Å². The van der Waals surface area contributed by atoms with Crippen molar-refractivity contribution in [3.8, 4) is 5.75 Å². The largest absolute Gasteiger partial charge is 0.492 e. The van der Waals surface area contributed by atoms with Gasteiger partial charge in [-0.3, -0.25) is 0 Å². The molecule has 1 rings (SSSR count). The minimum atomic E-state index is 0.147. The van der Waals surface area contributed by atoms with Crippen LogP contribution in [0.3, 0.4) is 0 Å². The molecular weight excluding hydrogens is 260 g/mol. The summed E-state index contributed by atoms with van der Waals surface area (Å²) in [6, 6.07) is 0. The van der Waals surface area contributed by atoms with Crippen LogP contribution >= 0.6 is 0 Å². The van der Waals surface area contributed by atoms with Crippen molar-refractivity contribution >= 4 is 5.78 Å². The lowest BCUT2D eigenvalue weighted by Gasteiger charge is -2.24. The lowest BCUT2D eigenvalue weighted by atomic mass is 9.90. The smallest absolute Gasteiger partial charge is 0.130 e. The van der Waals surface area contributed by atoms with Gasteiger partial charge in [0.25, 0.3) is 0 Å². The zero-order valence-electron chi connectivity index (χ0n) is 14.9. The number of benzene rings is 1. The van der Waals surface area contributed by atoms with E-state index in [-0.39, 0.29) is 11.2 Å². The van der Waals surface area contributed by atoms with Gasteiger partial charge in [-0.15, -0.1) is 0 Å². The van der Waals surface area contributed by atoms with Gasteiger partial charge in [-0.1, -0.05) is 20.8 Å². The highest BCUT2D eigenvalue weighted by molar-refractivity contribution is 5.76. The summed E-state index contributed by atoms with van der Waals surface area (Å²) in [7, 11) is 0. The van der Waals surface area contributed by atoms with Crippen LogP contribution in [0.1, 0.15) is 61.9 Å². The molecule has 0 aliphatic rings. The third kappa shape index (κ3) is 4.59. The van der Waals surface area contributed by atoms with Gasteiger partial charge in [-0.2, -0.15) is 0 Å². The van der Waals surface area contributed by atoms with Gasteiger partial charge < -0.3 is 9.53 Å². The fourth-order valence-electron chi connectivity index (χ4n) is 2.54. The third-order valence-corrected chi connectivity index (χ3v) is 4.09. The molecule has 0 heterocycles. The quantitative estimate of drug-likeness (QED) is 0.773. The zero-order chi connectivity index (χ0) is 16.4. The summed E-state index contributed by atoms with van der Waals surface area (Å²) in [5, 5.41) is 0. The molecule has 1 aromatic rings. The summed E-state index contributed by atoms with van der Waals surface area (Å²) in [5.74, 6) is 1.27. The molecule has 0 fully saturated rings. The Hall–Kier alpha value is -1.31. The number of carbonyl (C=O) groups is 1. The molecule has 21 heavy (non-hydrogen) atoms. The van der Waals surface area contributed by atoms with E-state index in [2.05, 4.69) is 48.5 Å². The average Bonchev–Trinajstić information content (AvgIpc) is 2.34. The minimum Gasteiger partial charge on any atom is -0.492 e. The molecule has 0 saturated heterocycles. The van der Waals surface area contributed by atoms with Crippen LogP contribution in [-0.4, -0.2) is 12.4 Å². The second-order valence-corrected chi connectivity index (χ2v) is 7.36. The van der Waals surface area contributed by atoms with Gasteiger partial charge in [0.05, 0.1) is 6.61 Å². The van der Waals surface area contributed by atoms with Crippen LogP contribution in [0.5, 0.6) is 5.75 Å². The zero-order valence-corrected chi connectivity index (χ0v) is 14.9. The maximum absolute atomic E-state index is 11.3. The van der Waals surface area contributed by atoms with Gasteiger partial charge in [-0.05, 0) is 74.3 Å². The number of hydrogen-bond donors (Lipinski definition) is 0. The predicted molar refractivity (Wildman–Crippen MR) is 89.3 cm³/mol. The molecular formula is C19H30O2. The first kappa shape index (κ1) is 17.7. The van der Waals surface area contributed by atoms with Crippen molar-refractivity contribution in [1.82, 2.24) is 0 Å². The number of ketones is 1. The number of rotatable bonds is 5. The molecule has 0 aliphatic heterocycles. The number of carbonyl (C=O) groups excluding carboxylic acids is 1. The molecule has 0 atom stereocenters. The van der Waals surface area contributed by atoms with E-state index >= 15 is 0 Å². The van der Waals surface area contributed by atoms with Crippen molar-refractivity contribution in [2.45, 2.75) is 68.2 Å². The Labute approximate surface area is 129 Å². The molecule has 2 nitrogen and oxygen atoms in total. The highest BCUT2D eigenvalue weighted by atomic mass is 16.5. The Balaban J connectivity index is 3.17. The van der Waals surface area contributed by atoms with Crippen molar-refractivity contribution < 1.29 is 9.53 Å². The number of ether oxygens (including phenoxy) is 1. The molecule has 0 unspecified atom stereocenters. The van der Waals surface area contributed by atoms with Crippen molar-refractivity contribution in [2.24, 2.45) is 5.41 Å². The molecule has 0 aliphatic carbocycles. The fraction of sp³-hybridized carbons (Fsp3) is 0.632. The normalized spacial score (nSPS) is 11.6. The van der Waals surface area contributed by atoms with Gasteiger partial charge in [-0.25, -0.2) is 0 Å². The number of hydrogen-bond acceptors (Lipinski definition) is 2. The van der Waals surface area contributed by atoms with Crippen LogP contribution < -0.4 is 4.74 Å². The van der Waals surface area contributed by atoms with E-state index in [9.17, 15) is 4.79 Å². The minimum absolute atomic E-state index is 0.147. The Bertz CT molecular complexity index is 504. The molecule has 0 spiro atoms.